The molecule has 1 N–H and O–H groups in total. The van der Waals surface area contributed by atoms with E-state index < -0.39 is 0 Å². The van der Waals surface area contributed by atoms with Crippen molar-refractivity contribution >= 4 is 11.6 Å². The molecule has 0 aliphatic carbocycles. The van der Waals surface area contributed by atoms with Crippen LogP contribution in [0.3, 0.4) is 0 Å². The molecule has 2 aromatic rings. The van der Waals surface area contributed by atoms with Crippen LogP contribution in [0.1, 0.15) is 28.9 Å². The standard InChI is InChI=1S/C23H29N3O5/c1-16(21(17-8-6-5-7-9-17)26-10-12-31-13-11-26)24-25-23(27)18-14-19(28-2)22(30-4)20(15-18)29-3/h5-9,14-15,21H,10-13H2,1-4H3,(H,25,27)/b24-16-/t21-/m1/s1. The zero-order chi connectivity index (χ0) is 22.2. The number of morpholine rings is 1. The molecule has 0 radical (unpaired) electrons. The summed E-state index contributed by atoms with van der Waals surface area (Å²) in [5.74, 6) is 0.872. The first kappa shape index (κ1) is 22.6. The first-order valence-electron chi connectivity index (χ1n) is 10.1. The Kier molecular flexibility index (Phi) is 7.86. The van der Waals surface area contributed by atoms with E-state index in [1.54, 1.807) is 12.1 Å². The van der Waals surface area contributed by atoms with Crippen LogP contribution in [0.25, 0.3) is 0 Å². The average molecular weight is 428 g/mol. The van der Waals surface area contributed by atoms with Crippen LogP contribution in [0.4, 0.5) is 0 Å². The maximum Gasteiger partial charge on any atom is 0.271 e. The molecule has 1 saturated heterocycles. The van der Waals surface area contributed by atoms with Gasteiger partial charge in [-0.05, 0) is 24.6 Å². The summed E-state index contributed by atoms with van der Waals surface area (Å²) in [6, 6.07) is 13.3. The molecule has 0 saturated carbocycles. The molecule has 1 fully saturated rings. The van der Waals surface area contributed by atoms with Crippen molar-refractivity contribution in [2.45, 2.75) is 13.0 Å². The number of hydrogen-bond acceptors (Lipinski definition) is 7. The van der Waals surface area contributed by atoms with E-state index in [2.05, 4.69) is 27.6 Å². The molecule has 0 aromatic heterocycles. The van der Waals surface area contributed by atoms with E-state index in [9.17, 15) is 4.79 Å². The Morgan fingerprint density at radius 1 is 1.03 bits per heavy atom. The zero-order valence-corrected chi connectivity index (χ0v) is 18.4. The molecule has 0 bridgehead atoms. The predicted molar refractivity (Wildman–Crippen MR) is 118 cm³/mol. The lowest BCUT2D eigenvalue weighted by atomic mass is 10.0. The number of nitrogens with zero attached hydrogens (tertiary/aromatic N) is 2. The number of carbonyl (C=O) groups excluding carboxylic acids is 1. The van der Waals surface area contributed by atoms with Crippen LogP contribution in [-0.4, -0.2) is 64.2 Å². The molecule has 8 heteroatoms. The lowest BCUT2D eigenvalue weighted by Crippen LogP contribution is -2.42. The third-order valence-corrected chi connectivity index (χ3v) is 5.18. The summed E-state index contributed by atoms with van der Waals surface area (Å²) in [5, 5.41) is 4.43. The van der Waals surface area contributed by atoms with Crippen LogP contribution in [0.5, 0.6) is 17.2 Å². The maximum absolute atomic E-state index is 12.8. The van der Waals surface area contributed by atoms with Crippen molar-refractivity contribution in [3.8, 4) is 17.2 Å². The number of ether oxygens (including phenoxy) is 4. The third-order valence-electron chi connectivity index (χ3n) is 5.18. The largest absolute Gasteiger partial charge is 0.493 e. The summed E-state index contributed by atoms with van der Waals surface area (Å²) in [6.45, 7) is 4.87. The first-order chi connectivity index (χ1) is 15.1. The van der Waals surface area contributed by atoms with Crippen molar-refractivity contribution in [2.24, 2.45) is 5.10 Å². The Morgan fingerprint density at radius 2 is 1.65 bits per heavy atom. The molecule has 1 heterocycles. The van der Waals surface area contributed by atoms with Gasteiger partial charge in [0.1, 0.15) is 0 Å². The van der Waals surface area contributed by atoms with E-state index in [1.807, 2.05) is 25.1 Å². The van der Waals surface area contributed by atoms with Crippen molar-refractivity contribution in [1.29, 1.82) is 0 Å². The van der Waals surface area contributed by atoms with Crippen LogP contribution in [0, 0.1) is 0 Å². The average Bonchev–Trinajstić information content (AvgIpc) is 2.83. The highest BCUT2D eigenvalue weighted by Gasteiger charge is 2.25. The number of benzene rings is 2. The molecule has 166 valence electrons. The topological polar surface area (TPSA) is 81.6 Å². The molecular weight excluding hydrogens is 398 g/mol. The SMILES string of the molecule is COc1cc(C(=O)N/N=C(/C)[C@H](c2ccccc2)N2CCOCC2)cc(OC)c1OC. The Bertz CT molecular complexity index is 886. The molecule has 0 unspecified atom stereocenters. The van der Waals surface area contributed by atoms with Crippen molar-refractivity contribution in [3.05, 3.63) is 53.6 Å². The first-order valence-corrected chi connectivity index (χ1v) is 10.1. The number of hydrogen-bond donors (Lipinski definition) is 1. The summed E-state index contributed by atoms with van der Waals surface area (Å²) in [4.78, 5) is 15.1. The molecule has 1 atom stereocenters. The number of hydrazone groups is 1. The Balaban J connectivity index is 1.84. The fourth-order valence-electron chi connectivity index (χ4n) is 3.66. The van der Waals surface area contributed by atoms with Gasteiger partial charge in [0.2, 0.25) is 5.75 Å². The van der Waals surface area contributed by atoms with Crippen molar-refractivity contribution < 1.29 is 23.7 Å². The Hall–Kier alpha value is -3.10. The fraction of sp³-hybridized carbons (Fsp3) is 0.391. The summed E-state index contributed by atoms with van der Waals surface area (Å²) in [6.07, 6.45) is 0. The van der Waals surface area contributed by atoms with Crippen molar-refractivity contribution in [3.63, 3.8) is 0 Å². The van der Waals surface area contributed by atoms with Gasteiger partial charge in [-0.3, -0.25) is 9.69 Å². The van der Waals surface area contributed by atoms with Crippen LogP contribution < -0.4 is 19.6 Å². The van der Waals surface area contributed by atoms with E-state index in [0.29, 0.717) is 36.0 Å². The zero-order valence-electron chi connectivity index (χ0n) is 18.4. The smallest absolute Gasteiger partial charge is 0.271 e. The third kappa shape index (κ3) is 5.34. The number of methoxy groups -OCH3 is 3. The fourth-order valence-corrected chi connectivity index (χ4v) is 3.66. The number of amides is 1. The van der Waals surface area contributed by atoms with E-state index >= 15 is 0 Å². The van der Waals surface area contributed by atoms with Crippen molar-refractivity contribution in [2.75, 3.05) is 47.6 Å². The molecule has 3 rings (SSSR count). The van der Waals surface area contributed by atoms with Gasteiger partial charge in [-0.2, -0.15) is 5.10 Å². The molecule has 1 aliphatic heterocycles. The van der Waals surface area contributed by atoms with Crippen LogP contribution >= 0.6 is 0 Å². The monoisotopic (exact) mass is 427 g/mol. The highest BCUT2D eigenvalue weighted by molar-refractivity contribution is 5.97. The minimum atomic E-state index is -0.368. The summed E-state index contributed by atoms with van der Waals surface area (Å²) >= 11 is 0. The van der Waals surface area contributed by atoms with Gasteiger partial charge in [0.15, 0.2) is 11.5 Å². The van der Waals surface area contributed by atoms with Gasteiger partial charge in [-0.1, -0.05) is 30.3 Å². The van der Waals surface area contributed by atoms with E-state index in [1.165, 1.54) is 21.3 Å². The molecule has 2 aromatic carbocycles. The number of carbonyl (C=O) groups is 1. The minimum Gasteiger partial charge on any atom is -0.493 e. The van der Waals surface area contributed by atoms with Gasteiger partial charge in [0, 0.05) is 18.7 Å². The highest BCUT2D eigenvalue weighted by atomic mass is 16.5. The predicted octanol–water partition coefficient (Wildman–Crippen LogP) is 2.89. The van der Waals surface area contributed by atoms with Crippen LogP contribution in [0.2, 0.25) is 0 Å². The quantitative estimate of drug-likeness (QED) is 0.515. The van der Waals surface area contributed by atoms with E-state index in [0.717, 1.165) is 24.4 Å². The van der Waals surface area contributed by atoms with Gasteiger partial charge in [-0.15, -0.1) is 0 Å². The maximum atomic E-state index is 12.8. The molecular formula is C23H29N3O5. The van der Waals surface area contributed by atoms with Gasteiger partial charge in [-0.25, -0.2) is 5.43 Å². The normalized spacial score (nSPS) is 15.8. The van der Waals surface area contributed by atoms with E-state index in [4.69, 9.17) is 18.9 Å². The summed E-state index contributed by atoms with van der Waals surface area (Å²) in [7, 11) is 4.53. The van der Waals surface area contributed by atoms with Gasteiger partial charge >= 0.3 is 0 Å². The number of nitrogens with one attached hydrogen (secondary N) is 1. The summed E-state index contributed by atoms with van der Waals surface area (Å²) in [5.41, 5.74) is 4.93. The molecule has 0 spiro atoms. The lowest BCUT2D eigenvalue weighted by Gasteiger charge is -2.34. The lowest BCUT2D eigenvalue weighted by molar-refractivity contribution is 0.0285. The summed E-state index contributed by atoms with van der Waals surface area (Å²) < 4.78 is 21.5. The second kappa shape index (κ2) is 10.8. The second-order valence-corrected chi connectivity index (χ2v) is 7.07. The molecule has 8 nitrogen and oxygen atoms in total. The minimum absolute atomic E-state index is 0.0506. The Morgan fingerprint density at radius 3 is 2.19 bits per heavy atom. The van der Waals surface area contributed by atoms with Crippen molar-refractivity contribution in [1.82, 2.24) is 10.3 Å². The van der Waals surface area contributed by atoms with Crippen LogP contribution in [0.15, 0.2) is 47.6 Å². The molecule has 1 amide bonds. The second-order valence-electron chi connectivity index (χ2n) is 7.07. The van der Waals surface area contributed by atoms with Crippen LogP contribution in [-0.2, 0) is 4.74 Å². The van der Waals surface area contributed by atoms with Gasteiger partial charge in [0.05, 0.1) is 46.3 Å². The number of rotatable bonds is 8. The Labute approximate surface area is 182 Å². The molecule has 31 heavy (non-hydrogen) atoms. The van der Waals surface area contributed by atoms with Gasteiger partial charge < -0.3 is 18.9 Å². The molecule has 1 aliphatic rings. The van der Waals surface area contributed by atoms with Gasteiger partial charge in [0.25, 0.3) is 5.91 Å². The van der Waals surface area contributed by atoms with E-state index in [-0.39, 0.29) is 11.9 Å². The highest BCUT2D eigenvalue weighted by Crippen LogP contribution is 2.38.